The molecule has 0 aromatic heterocycles. The molecule has 5 N–H and O–H groups in total. The van der Waals surface area contributed by atoms with Crippen LogP contribution in [0.5, 0.6) is 0 Å². The lowest BCUT2D eigenvalue weighted by molar-refractivity contribution is -0.386. The van der Waals surface area contributed by atoms with E-state index in [1.54, 1.807) is 0 Å². The standard InChI is InChI=1S/C27H54O5/c28-25-23-21-19-17-15-13-11-9-7-5-3-1-2-4-6-8-10-12-14-16-18-20-22-24-26(29,30)27(25,31)32/h25,28-32H,1-24H2. The van der Waals surface area contributed by atoms with Crippen LogP contribution in [0.1, 0.15) is 154 Å². The molecule has 0 spiro atoms. The molecule has 1 aliphatic rings. The maximum Gasteiger partial charge on any atom is 0.245 e. The van der Waals surface area contributed by atoms with Gasteiger partial charge in [-0.25, -0.2) is 0 Å². The highest BCUT2D eigenvalue weighted by atomic mass is 16.6. The number of hydrogen-bond acceptors (Lipinski definition) is 5. The van der Waals surface area contributed by atoms with Crippen LogP contribution >= 0.6 is 0 Å². The van der Waals surface area contributed by atoms with Gasteiger partial charge >= 0.3 is 0 Å². The average molecular weight is 459 g/mol. The molecule has 0 bridgehead atoms. The Morgan fingerprint density at radius 2 is 0.625 bits per heavy atom. The predicted octanol–water partition coefficient (Wildman–Crippen LogP) is 6.09. The molecule has 0 saturated heterocycles. The van der Waals surface area contributed by atoms with Crippen LogP contribution in [0.3, 0.4) is 0 Å². The van der Waals surface area contributed by atoms with Crippen LogP contribution in [0.2, 0.25) is 0 Å². The summed E-state index contributed by atoms with van der Waals surface area (Å²) >= 11 is 0. The molecule has 1 unspecified atom stereocenters. The summed E-state index contributed by atoms with van der Waals surface area (Å²) in [5.41, 5.74) is 0. The SMILES string of the molecule is OC1CCCCCCCCCCCCCCCCCCCCCCCCC(O)(O)C1(O)O. The van der Waals surface area contributed by atoms with E-state index >= 15 is 0 Å². The molecule has 0 aromatic rings. The van der Waals surface area contributed by atoms with Crippen molar-refractivity contribution in [1.82, 2.24) is 0 Å². The largest absolute Gasteiger partial charge is 0.387 e. The van der Waals surface area contributed by atoms with E-state index in [2.05, 4.69) is 0 Å². The van der Waals surface area contributed by atoms with Gasteiger partial charge in [0, 0.05) is 6.42 Å². The summed E-state index contributed by atoms with van der Waals surface area (Å²) in [4.78, 5) is 0. The summed E-state index contributed by atoms with van der Waals surface area (Å²) in [5, 5.41) is 51.0. The van der Waals surface area contributed by atoms with E-state index in [0.29, 0.717) is 12.8 Å². The molecule has 1 saturated carbocycles. The van der Waals surface area contributed by atoms with Crippen molar-refractivity contribution in [2.24, 2.45) is 0 Å². The number of hydrogen-bond donors (Lipinski definition) is 5. The second-order valence-electron chi connectivity index (χ2n) is 10.4. The highest BCUT2D eigenvalue weighted by Crippen LogP contribution is 2.29. The Hall–Kier alpha value is -0.200. The van der Waals surface area contributed by atoms with E-state index in [0.717, 1.165) is 32.1 Å². The van der Waals surface area contributed by atoms with Crippen LogP contribution in [-0.4, -0.2) is 43.2 Å². The lowest BCUT2D eigenvalue weighted by atomic mass is 9.91. The Morgan fingerprint density at radius 1 is 0.375 bits per heavy atom. The van der Waals surface area contributed by atoms with Gasteiger partial charge in [0.05, 0.1) is 0 Å². The molecule has 1 fully saturated rings. The van der Waals surface area contributed by atoms with Crippen molar-refractivity contribution in [1.29, 1.82) is 0 Å². The second kappa shape index (κ2) is 18.2. The predicted molar refractivity (Wildman–Crippen MR) is 131 cm³/mol. The summed E-state index contributed by atoms with van der Waals surface area (Å²) in [6.07, 6.45) is 24.4. The Labute approximate surface area is 197 Å². The minimum absolute atomic E-state index is 0.142. The monoisotopic (exact) mass is 458 g/mol. The van der Waals surface area contributed by atoms with Gasteiger partial charge in [0.15, 0.2) is 0 Å². The average Bonchev–Trinajstić information content (AvgIpc) is 2.75. The maximum atomic E-state index is 10.2. The first-order valence-corrected chi connectivity index (χ1v) is 14.0. The van der Waals surface area contributed by atoms with Gasteiger partial charge in [-0.05, 0) is 12.8 Å². The molecular formula is C27H54O5. The zero-order valence-corrected chi connectivity index (χ0v) is 20.8. The van der Waals surface area contributed by atoms with E-state index in [9.17, 15) is 25.5 Å². The second-order valence-corrected chi connectivity index (χ2v) is 10.4. The number of aliphatic hydroxyl groups is 5. The van der Waals surface area contributed by atoms with Gasteiger partial charge in [-0.2, -0.15) is 0 Å². The Kier molecular flexibility index (Phi) is 16.9. The summed E-state index contributed by atoms with van der Waals surface area (Å²) in [6, 6.07) is 0. The fourth-order valence-electron chi connectivity index (χ4n) is 4.90. The summed E-state index contributed by atoms with van der Waals surface area (Å²) < 4.78 is 0. The van der Waals surface area contributed by atoms with Crippen molar-refractivity contribution in [3.8, 4) is 0 Å². The van der Waals surface area contributed by atoms with Crippen LogP contribution in [0, 0.1) is 0 Å². The van der Waals surface area contributed by atoms with Gasteiger partial charge in [-0.15, -0.1) is 0 Å². The minimum atomic E-state index is -2.89. The van der Waals surface area contributed by atoms with Crippen molar-refractivity contribution in [3.63, 3.8) is 0 Å². The molecule has 192 valence electrons. The fourth-order valence-corrected chi connectivity index (χ4v) is 4.90. The molecule has 0 aromatic carbocycles. The van der Waals surface area contributed by atoms with Crippen molar-refractivity contribution < 1.29 is 25.5 Å². The van der Waals surface area contributed by atoms with E-state index < -0.39 is 17.7 Å². The molecule has 5 nitrogen and oxygen atoms in total. The molecule has 0 heterocycles. The first-order valence-electron chi connectivity index (χ1n) is 14.0. The smallest absolute Gasteiger partial charge is 0.245 e. The third kappa shape index (κ3) is 13.5. The topological polar surface area (TPSA) is 101 Å². The van der Waals surface area contributed by atoms with Crippen molar-refractivity contribution in [2.75, 3.05) is 0 Å². The quantitative estimate of drug-likeness (QED) is 0.283. The third-order valence-corrected chi connectivity index (χ3v) is 7.31. The highest BCUT2D eigenvalue weighted by Gasteiger charge is 2.51. The molecule has 0 amide bonds. The van der Waals surface area contributed by atoms with Crippen LogP contribution in [-0.2, 0) is 0 Å². The summed E-state index contributed by atoms with van der Waals surface area (Å²) in [6.45, 7) is 0. The van der Waals surface area contributed by atoms with Crippen LogP contribution in [0.4, 0.5) is 0 Å². The van der Waals surface area contributed by atoms with Gasteiger partial charge in [-0.1, -0.05) is 135 Å². The van der Waals surface area contributed by atoms with Crippen LogP contribution in [0.25, 0.3) is 0 Å². The molecule has 32 heavy (non-hydrogen) atoms. The molecule has 1 rings (SSSR count). The van der Waals surface area contributed by atoms with Gasteiger partial charge in [0.25, 0.3) is 0 Å². The zero-order valence-electron chi connectivity index (χ0n) is 20.8. The van der Waals surface area contributed by atoms with Gasteiger partial charge < -0.3 is 25.5 Å². The maximum absolute atomic E-state index is 10.2. The van der Waals surface area contributed by atoms with E-state index in [1.165, 1.54) is 96.3 Å². The highest BCUT2D eigenvalue weighted by molar-refractivity contribution is 4.88. The Balaban J connectivity index is 2.36. The molecule has 0 aliphatic heterocycles. The van der Waals surface area contributed by atoms with Crippen molar-refractivity contribution in [2.45, 2.75) is 172 Å². The van der Waals surface area contributed by atoms with Crippen molar-refractivity contribution >= 4 is 0 Å². The lowest BCUT2D eigenvalue weighted by Gasteiger charge is -2.38. The zero-order chi connectivity index (χ0) is 23.5. The Morgan fingerprint density at radius 3 is 0.938 bits per heavy atom. The van der Waals surface area contributed by atoms with Crippen LogP contribution < -0.4 is 0 Å². The summed E-state index contributed by atoms with van der Waals surface area (Å²) in [7, 11) is 0. The van der Waals surface area contributed by atoms with Gasteiger partial charge in [0.1, 0.15) is 6.10 Å². The molecular weight excluding hydrogens is 404 g/mol. The number of rotatable bonds is 0. The van der Waals surface area contributed by atoms with E-state index in [1.807, 2.05) is 0 Å². The molecule has 0 radical (unpaired) electrons. The lowest BCUT2D eigenvalue weighted by Crippen LogP contribution is -2.61. The molecule has 1 atom stereocenters. The third-order valence-electron chi connectivity index (χ3n) is 7.31. The summed E-state index contributed by atoms with van der Waals surface area (Å²) in [5.74, 6) is -5.58. The van der Waals surface area contributed by atoms with Crippen LogP contribution in [0.15, 0.2) is 0 Å². The normalized spacial score (nSPS) is 27.8. The van der Waals surface area contributed by atoms with Crippen molar-refractivity contribution in [3.05, 3.63) is 0 Å². The first kappa shape index (κ1) is 29.8. The van der Waals surface area contributed by atoms with E-state index in [-0.39, 0.29) is 12.8 Å². The molecule has 5 heteroatoms. The first-order chi connectivity index (χ1) is 15.4. The Bertz CT molecular complexity index is 424. The minimum Gasteiger partial charge on any atom is -0.387 e. The fraction of sp³-hybridized carbons (Fsp3) is 1.00. The van der Waals surface area contributed by atoms with E-state index in [4.69, 9.17) is 0 Å². The number of aliphatic hydroxyl groups excluding tert-OH is 1. The molecule has 1 aliphatic carbocycles. The van der Waals surface area contributed by atoms with Gasteiger partial charge in [-0.3, -0.25) is 0 Å². The van der Waals surface area contributed by atoms with Gasteiger partial charge in [0.2, 0.25) is 11.6 Å².